The number of aromatic nitrogens is 1. The molecule has 0 radical (unpaired) electrons. The van der Waals surface area contributed by atoms with E-state index in [4.69, 9.17) is 5.26 Å². The number of aliphatic hydroxyl groups excluding tert-OH is 1. The zero-order valence-corrected chi connectivity index (χ0v) is 10.5. The third-order valence-electron chi connectivity index (χ3n) is 2.58. The summed E-state index contributed by atoms with van der Waals surface area (Å²) in [4.78, 5) is 3.98. The predicted molar refractivity (Wildman–Crippen MR) is 69.9 cm³/mol. The van der Waals surface area contributed by atoms with Crippen molar-refractivity contribution in [2.24, 2.45) is 0 Å². The summed E-state index contributed by atoms with van der Waals surface area (Å²) in [6.45, 7) is 0.981. The van der Waals surface area contributed by atoms with E-state index in [9.17, 15) is 5.11 Å². The Morgan fingerprint density at radius 1 is 1.50 bits per heavy atom. The first kappa shape index (κ1) is 12.7. The Morgan fingerprint density at radius 3 is 3.11 bits per heavy atom. The summed E-state index contributed by atoms with van der Waals surface area (Å²) in [5, 5.41) is 25.8. The maximum atomic E-state index is 9.88. The maximum absolute atomic E-state index is 9.88. The topological polar surface area (TPSA) is 68.9 Å². The van der Waals surface area contributed by atoms with Crippen LogP contribution in [0.4, 0.5) is 0 Å². The van der Waals surface area contributed by atoms with Gasteiger partial charge in [-0.1, -0.05) is 6.07 Å². The average molecular weight is 259 g/mol. The highest BCUT2D eigenvalue weighted by atomic mass is 32.1. The molecule has 0 aliphatic rings. The molecule has 1 atom stereocenters. The van der Waals surface area contributed by atoms with E-state index in [-0.39, 0.29) is 0 Å². The quantitative estimate of drug-likeness (QED) is 0.859. The van der Waals surface area contributed by atoms with Crippen molar-refractivity contribution in [1.29, 1.82) is 5.26 Å². The molecule has 5 heteroatoms. The minimum absolute atomic E-state index is 0.426. The molecule has 1 unspecified atom stereocenters. The molecule has 0 amide bonds. The molecule has 4 nitrogen and oxygen atoms in total. The van der Waals surface area contributed by atoms with Crippen LogP contribution in [-0.4, -0.2) is 16.6 Å². The van der Waals surface area contributed by atoms with Crippen molar-refractivity contribution < 1.29 is 5.11 Å². The van der Waals surface area contributed by atoms with Gasteiger partial charge in [-0.05, 0) is 28.5 Å². The Morgan fingerprint density at radius 2 is 2.39 bits per heavy atom. The fraction of sp³-hybridized carbons (Fsp3) is 0.231. The first-order valence-corrected chi connectivity index (χ1v) is 6.50. The predicted octanol–water partition coefficient (Wildman–Crippen LogP) is 1.84. The summed E-state index contributed by atoms with van der Waals surface area (Å²) >= 11 is 1.56. The lowest BCUT2D eigenvalue weighted by Crippen LogP contribution is -2.21. The molecule has 0 aliphatic heterocycles. The SMILES string of the molecule is N#Cc1ncccc1CNCC(O)c1ccsc1. The summed E-state index contributed by atoms with van der Waals surface area (Å²) in [5.41, 5.74) is 2.19. The molecule has 0 aromatic carbocycles. The second kappa shape index (κ2) is 6.26. The van der Waals surface area contributed by atoms with Crippen molar-refractivity contribution in [1.82, 2.24) is 10.3 Å². The summed E-state index contributed by atoms with van der Waals surface area (Å²) in [6, 6.07) is 7.61. The van der Waals surface area contributed by atoms with Gasteiger partial charge in [0.15, 0.2) is 0 Å². The van der Waals surface area contributed by atoms with Crippen LogP contribution < -0.4 is 5.32 Å². The fourth-order valence-corrected chi connectivity index (χ4v) is 2.31. The van der Waals surface area contributed by atoms with Crippen molar-refractivity contribution in [3.63, 3.8) is 0 Å². The molecule has 0 bridgehead atoms. The molecule has 18 heavy (non-hydrogen) atoms. The summed E-state index contributed by atoms with van der Waals surface area (Å²) in [7, 11) is 0. The van der Waals surface area contributed by atoms with Gasteiger partial charge in [-0.2, -0.15) is 16.6 Å². The van der Waals surface area contributed by atoms with E-state index in [0.29, 0.717) is 18.8 Å². The Hall–Kier alpha value is -1.74. The van der Waals surface area contributed by atoms with E-state index < -0.39 is 6.10 Å². The molecular formula is C13H13N3OS. The lowest BCUT2D eigenvalue weighted by molar-refractivity contribution is 0.175. The van der Waals surface area contributed by atoms with Crippen molar-refractivity contribution in [3.8, 4) is 6.07 Å². The smallest absolute Gasteiger partial charge is 0.144 e. The first-order valence-electron chi connectivity index (χ1n) is 5.56. The third kappa shape index (κ3) is 3.14. The van der Waals surface area contributed by atoms with Crippen LogP contribution in [0.3, 0.4) is 0 Å². The van der Waals surface area contributed by atoms with Crippen LogP contribution in [0.1, 0.15) is 22.9 Å². The van der Waals surface area contributed by atoms with E-state index in [1.165, 1.54) is 0 Å². The zero-order chi connectivity index (χ0) is 12.8. The minimum Gasteiger partial charge on any atom is -0.387 e. The van der Waals surface area contributed by atoms with Gasteiger partial charge in [0.2, 0.25) is 0 Å². The third-order valence-corrected chi connectivity index (χ3v) is 3.28. The van der Waals surface area contributed by atoms with Gasteiger partial charge >= 0.3 is 0 Å². The van der Waals surface area contributed by atoms with Crippen LogP contribution in [0.15, 0.2) is 35.2 Å². The number of nitrogens with one attached hydrogen (secondary N) is 1. The second-order valence-electron chi connectivity index (χ2n) is 3.83. The maximum Gasteiger partial charge on any atom is 0.144 e. The number of nitriles is 1. The van der Waals surface area contributed by atoms with Gasteiger partial charge in [-0.25, -0.2) is 4.98 Å². The van der Waals surface area contributed by atoms with E-state index in [1.54, 1.807) is 23.6 Å². The molecule has 2 heterocycles. The molecule has 2 aromatic heterocycles. The lowest BCUT2D eigenvalue weighted by atomic mass is 10.2. The van der Waals surface area contributed by atoms with E-state index in [2.05, 4.69) is 10.3 Å². The standard InChI is InChI=1S/C13H13N3OS/c14-6-12-10(2-1-4-16-12)7-15-8-13(17)11-3-5-18-9-11/h1-5,9,13,15,17H,7-8H2. The van der Waals surface area contributed by atoms with Gasteiger partial charge in [0.1, 0.15) is 11.8 Å². The van der Waals surface area contributed by atoms with Crippen molar-refractivity contribution in [3.05, 3.63) is 52.0 Å². The van der Waals surface area contributed by atoms with Crippen molar-refractivity contribution >= 4 is 11.3 Å². The monoisotopic (exact) mass is 259 g/mol. The normalized spacial score (nSPS) is 12.0. The number of hydrogen-bond acceptors (Lipinski definition) is 5. The number of thiophene rings is 1. The number of rotatable bonds is 5. The van der Waals surface area contributed by atoms with E-state index in [0.717, 1.165) is 11.1 Å². The highest BCUT2D eigenvalue weighted by Gasteiger charge is 2.08. The van der Waals surface area contributed by atoms with Gasteiger partial charge in [-0.15, -0.1) is 0 Å². The molecule has 0 saturated heterocycles. The van der Waals surface area contributed by atoms with Crippen LogP contribution in [-0.2, 0) is 6.54 Å². The Balaban J connectivity index is 1.87. The first-order chi connectivity index (χ1) is 8.81. The Labute approximate surface area is 110 Å². The van der Waals surface area contributed by atoms with Crippen LogP contribution in [0.2, 0.25) is 0 Å². The van der Waals surface area contributed by atoms with E-state index in [1.807, 2.05) is 29.0 Å². The zero-order valence-electron chi connectivity index (χ0n) is 9.71. The average Bonchev–Trinajstić information content (AvgIpc) is 2.93. The molecule has 0 aliphatic carbocycles. The van der Waals surface area contributed by atoms with E-state index >= 15 is 0 Å². The Kier molecular flexibility index (Phi) is 4.42. The van der Waals surface area contributed by atoms with Gasteiger partial charge in [-0.3, -0.25) is 0 Å². The summed E-state index contributed by atoms with van der Waals surface area (Å²) < 4.78 is 0. The second-order valence-corrected chi connectivity index (χ2v) is 4.61. The molecule has 92 valence electrons. The molecule has 0 saturated carbocycles. The van der Waals surface area contributed by atoms with Crippen LogP contribution >= 0.6 is 11.3 Å². The number of hydrogen-bond donors (Lipinski definition) is 2. The summed E-state index contributed by atoms with van der Waals surface area (Å²) in [6.07, 6.45) is 1.08. The van der Waals surface area contributed by atoms with Gasteiger partial charge < -0.3 is 10.4 Å². The number of pyridine rings is 1. The van der Waals surface area contributed by atoms with Gasteiger partial charge in [0.25, 0.3) is 0 Å². The molecule has 2 aromatic rings. The molecule has 2 N–H and O–H groups in total. The summed E-state index contributed by atoms with van der Waals surface area (Å²) in [5.74, 6) is 0. The van der Waals surface area contributed by atoms with Crippen LogP contribution in [0.5, 0.6) is 0 Å². The van der Waals surface area contributed by atoms with Crippen LogP contribution in [0, 0.1) is 11.3 Å². The van der Waals surface area contributed by atoms with Gasteiger partial charge in [0.05, 0.1) is 6.10 Å². The van der Waals surface area contributed by atoms with Crippen molar-refractivity contribution in [2.75, 3.05) is 6.54 Å². The number of aliphatic hydroxyl groups is 1. The molecule has 2 rings (SSSR count). The molecule has 0 fully saturated rings. The lowest BCUT2D eigenvalue weighted by Gasteiger charge is -2.10. The molecule has 0 spiro atoms. The minimum atomic E-state index is -0.515. The van der Waals surface area contributed by atoms with Crippen molar-refractivity contribution in [2.45, 2.75) is 12.6 Å². The highest BCUT2D eigenvalue weighted by Crippen LogP contribution is 2.15. The van der Waals surface area contributed by atoms with Crippen LogP contribution in [0.25, 0.3) is 0 Å². The molecular weight excluding hydrogens is 246 g/mol. The fourth-order valence-electron chi connectivity index (χ4n) is 1.61. The van der Waals surface area contributed by atoms with Gasteiger partial charge in [0, 0.05) is 24.8 Å². The largest absolute Gasteiger partial charge is 0.387 e. The Bertz CT molecular complexity index is 533. The number of nitrogens with zero attached hydrogens (tertiary/aromatic N) is 2. The highest BCUT2D eigenvalue weighted by molar-refractivity contribution is 7.07.